The van der Waals surface area contributed by atoms with Crippen LogP contribution in [0, 0.1) is 0 Å². The number of nitrogens with two attached hydrogens (primary N) is 1. The van der Waals surface area contributed by atoms with E-state index in [1.165, 1.54) is 0 Å². The van der Waals surface area contributed by atoms with E-state index in [-0.39, 0.29) is 5.91 Å². The maximum absolute atomic E-state index is 12.4. The van der Waals surface area contributed by atoms with Crippen LogP contribution >= 0.6 is 0 Å². The first-order chi connectivity index (χ1) is 9.29. The van der Waals surface area contributed by atoms with Gasteiger partial charge in [-0.25, -0.2) is 4.98 Å². The van der Waals surface area contributed by atoms with Crippen molar-refractivity contribution in [2.24, 2.45) is 5.84 Å². The number of carbonyl (C=O) groups is 1. The SMILES string of the molecule is NNc1cc(C(=O)N2CCCC2)nc2ccccc12. The van der Waals surface area contributed by atoms with Crippen molar-refractivity contribution in [2.45, 2.75) is 12.8 Å². The van der Waals surface area contributed by atoms with Crippen molar-refractivity contribution in [2.75, 3.05) is 18.5 Å². The Labute approximate surface area is 111 Å². The van der Waals surface area contributed by atoms with Crippen molar-refractivity contribution >= 4 is 22.5 Å². The molecule has 0 radical (unpaired) electrons. The highest BCUT2D eigenvalue weighted by atomic mass is 16.2. The van der Waals surface area contributed by atoms with Crippen LogP contribution < -0.4 is 11.3 Å². The number of carbonyl (C=O) groups excluding carboxylic acids is 1. The molecule has 1 amide bonds. The van der Waals surface area contributed by atoms with Crippen LogP contribution in [0.4, 0.5) is 5.69 Å². The van der Waals surface area contributed by atoms with Gasteiger partial charge >= 0.3 is 0 Å². The largest absolute Gasteiger partial charge is 0.337 e. The van der Waals surface area contributed by atoms with E-state index in [0.717, 1.165) is 42.5 Å². The van der Waals surface area contributed by atoms with E-state index in [2.05, 4.69) is 10.4 Å². The standard InChI is InChI=1S/C14H16N4O/c15-17-12-9-13(14(19)18-7-3-4-8-18)16-11-6-2-1-5-10(11)12/h1-2,5-6,9H,3-4,7-8,15H2,(H,16,17). The predicted octanol–water partition coefficient (Wildman–Crippen LogP) is 1.76. The third-order valence-corrected chi connectivity index (χ3v) is 3.48. The molecule has 0 atom stereocenters. The minimum absolute atomic E-state index is 0.0141. The fourth-order valence-corrected chi connectivity index (χ4v) is 2.49. The second-order valence-corrected chi connectivity index (χ2v) is 4.72. The molecule has 19 heavy (non-hydrogen) atoms. The Morgan fingerprint density at radius 3 is 2.74 bits per heavy atom. The molecule has 1 saturated heterocycles. The molecule has 98 valence electrons. The Hall–Kier alpha value is -2.14. The molecule has 3 rings (SSSR count). The molecule has 1 fully saturated rings. The number of hydrogen-bond acceptors (Lipinski definition) is 4. The van der Waals surface area contributed by atoms with Gasteiger partial charge in [0.2, 0.25) is 0 Å². The number of aromatic nitrogens is 1. The van der Waals surface area contributed by atoms with E-state index in [9.17, 15) is 4.79 Å². The molecular weight excluding hydrogens is 240 g/mol. The lowest BCUT2D eigenvalue weighted by molar-refractivity contribution is 0.0787. The van der Waals surface area contributed by atoms with E-state index in [1.54, 1.807) is 6.07 Å². The molecule has 5 nitrogen and oxygen atoms in total. The van der Waals surface area contributed by atoms with Gasteiger partial charge in [-0.15, -0.1) is 0 Å². The zero-order valence-electron chi connectivity index (χ0n) is 10.6. The molecule has 1 aliphatic heterocycles. The Morgan fingerprint density at radius 1 is 1.26 bits per heavy atom. The number of hydrogen-bond donors (Lipinski definition) is 2. The number of anilines is 1. The Bertz CT molecular complexity index is 620. The van der Waals surface area contributed by atoms with Gasteiger partial charge in [0.25, 0.3) is 5.91 Å². The number of pyridine rings is 1. The minimum atomic E-state index is -0.0141. The second kappa shape index (κ2) is 4.85. The minimum Gasteiger partial charge on any atom is -0.337 e. The molecule has 3 N–H and O–H groups in total. The Kier molecular flexibility index (Phi) is 3.05. The highest BCUT2D eigenvalue weighted by Gasteiger charge is 2.21. The van der Waals surface area contributed by atoms with Gasteiger partial charge in [0.1, 0.15) is 5.69 Å². The number of fused-ring (bicyclic) bond motifs is 1. The summed E-state index contributed by atoms with van der Waals surface area (Å²) in [6, 6.07) is 9.37. The molecule has 0 unspecified atom stereocenters. The van der Waals surface area contributed by atoms with E-state index >= 15 is 0 Å². The molecule has 0 saturated carbocycles. The van der Waals surface area contributed by atoms with Crippen LogP contribution in [0.25, 0.3) is 10.9 Å². The first-order valence-electron chi connectivity index (χ1n) is 6.45. The molecule has 1 aromatic heterocycles. The fraction of sp³-hybridized carbons (Fsp3) is 0.286. The number of likely N-dealkylation sites (tertiary alicyclic amines) is 1. The van der Waals surface area contributed by atoms with Crippen molar-refractivity contribution in [3.63, 3.8) is 0 Å². The van der Waals surface area contributed by atoms with Crippen LogP contribution in [-0.4, -0.2) is 28.9 Å². The van der Waals surface area contributed by atoms with Crippen LogP contribution in [-0.2, 0) is 0 Å². The quantitative estimate of drug-likeness (QED) is 0.634. The molecular formula is C14H16N4O. The lowest BCUT2D eigenvalue weighted by atomic mass is 10.1. The van der Waals surface area contributed by atoms with E-state index < -0.39 is 0 Å². The Morgan fingerprint density at radius 2 is 2.00 bits per heavy atom. The number of para-hydroxylation sites is 1. The predicted molar refractivity (Wildman–Crippen MR) is 74.7 cm³/mol. The molecule has 0 bridgehead atoms. The monoisotopic (exact) mass is 256 g/mol. The summed E-state index contributed by atoms with van der Waals surface area (Å²) in [6.45, 7) is 1.64. The molecule has 5 heteroatoms. The maximum atomic E-state index is 12.4. The summed E-state index contributed by atoms with van der Waals surface area (Å²) in [5.74, 6) is 5.52. The van der Waals surface area contributed by atoms with Crippen LogP contribution in [0.15, 0.2) is 30.3 Å². The third-order valence-electron chi connectivity index (χ3n) is 3.48. The number of nitrogens with zero attached hydrogens (tertiary/aromatic N) is 2. The van der Waals surface area contributed by atoms with Gasteiger partial charge in [0.05, 0.1) is 11.2 Å². The van der Waals surface area contributed by atoms with Crippen LogP contribution in [0.3, 0.4) is 0 Å². The summed E-state index contributed by atoms with van der Waals surface area (Å²) in [5.41, 5.74) is 4.61. The van der Waals surface area contributed by atoms with Crippen molar-refractivity contribution in [3.8, 4) is 0 Å². The van der Waals surface area contributed by atoms with Crippen LogP contribution in [0.5, 0.6) is 0 Å². The van der Waals surface area contributed by atoms with Gasteiger partial charge in [-0.05, 0) is 25.0 Å². The summed E-state index contributed by atoms with van der Waals surface area (Å²) in [6.07, 6.45) is 2.14. The molecule has 1 aliphatic rings. The number of rotatable bonds is 2. The topological polar surface area (TPSA) is 71.2 Å². The van der Waals surface area contributed by atoms with E-state index in [0.29, 0.717) is 5.69 Å². The van der Waals surface area contributed by atoms with Crippen molar-refractivity contribution in [1.82, 2.24) is 9.88 Å². The highest BCUT2D eigenvalue weighted by molar-refractivity contribution is 5.99. The van der Waals surface area contributed by atoms with Gasteiger partial charge in [0, 0.05) is 18.5 Å². The number of amides is 1. The summed E-state index contributed by atoms with van der Waals surface area (Å²) in [4.78, 5) is 18.6. The normalized spacial score (nSPS) is 14.9. The van der Waals surface area contributed by atoms with E-state index in [4.69, 9.17) is 5.84 Å². The smallest absolute Gasteiger partial charge is 0.272 e. The summed E-state index contributed by atoms with van der Waals surface area (Å²) >= 11 is 0. The maximum Gasteiger partial charge on any atom is 0.272 e. The van der Waals surface area contributed by atoms with Crippen LogP contribution in [0.2, 0.25) is 0 Å². The Balaban J connectivity index is 2.06. The molecule has 0 spiro atoms. The molecule has 2 aromatic rings. The lowest BCUT2D eigenvalue weighted by Crippen LogP contribution is -2.28. The fourth-order valence-electron chi connectivity index (χ4n) is 2.49. The summed E-state index contributed by atoms with van der Waals surface area (Å²) in [7, 11) is 0. The first-order valence-corrected chi connectivity index (χ1v) is 6.45. The van der Waals surface area contributed by atoms with Crippen molar-refractivity contribution in [1.29, 1.82) is 0 Å². The second-order valence-electron chi connectivity index (χ2n) is 4.72. The molecule has 2 heterocycles. The van der Waals surface area contributed by atoms with Gasteiger partial charge in [-0.1, -0.05) is 18.2 Å². The number of nitrogens with one attached hydrogen (secondary N) is 1. The first kappa shape index (κ1) is 11.9. The average Bonchev–Trinajstić information content (AvgIpc) is 2.99. The van der Waals surface area contributed by atoms with Gasteiger partial charge < -0.3 is 10.3 Å². The van der Waals surface area contributed by atoms with Crippen molar-refractivity contribution < 1.29 is 4.79 Å². The molecule has 0 aliphatic carbocycles. The number of nitrogen functional groups attached to an aromatic ring is 1. The zero-order chi connectivity index (χ0) is 13.2. The summed E-state index contributed by atoms with van der Waals surface area (Å²) < 4.78 is 0. The van der Waals surface area contributed by atoms with Gasteiger partial charge in [-0.2, -0.15) is 0 Å². The number of hydrazine groups is 1. The van der Waals surface area contributed by atoms with Crippen LogP contribution in [0.1, 0.15) is 23.3 Å². The van der Waals surface area contributed by atoms with Gasteiger partial charge in [0.15, 0.2) is 0 Å². The summed E-state index contributed by atoms with van der Waals surface area (Å²) in [5, 5.41) is 0.919. The zero-order valence-corrected chi connectivity index (χ0v) is 10.6. The van der Waals surface area contributed by atoms with Crippen molar-refractivity contribution in [3.05, 3.63) is 36.0 Å². The average molecular weight is 256 g/mol. The third kappa shape index (κ3) is 2.13. The highest BCUT2D eigenvalue weighted by Crippen LogP contribution is 2.23. The van der Waals surface area contributed by atoms with E-state index in [1.807, 2.05) is 29.2 Å². The number of benzene rings is 1. The lowest BCUT2D eigenvalue weighted by Gasteiger charge is -2.16. The van der Waals surface area contributed by atoms with Gasteiger partial charge in [-0.3, -0.25) is 10.6 Å². The molecule has 1 aromatic carbocycles.